The van der Waals surface area contributed by atoms with E-state index in [1.807, 2.05) is 13.0 Å². The number of hydrogen-bond donors (Lipinski definition) is 1. The molecule has 1 fully saturated rings. The molecule has 0 spiro atoms. The van der Waals surface area contributed by atoms with Gasteiger partial charge in [-0.1, -0.05) is 59.6 Å². The maximum Gasteiger partial charge on any atom is 0.268 e. The Kier molecular flexibility index (Phi) is 8.18. The largest absolute Gasteiger partial charge is 0.341 e. The number of piperidine rings is 1. The minimum atomic E-state index is -4.01. The van der Waals surface area contributed by atoms with Gasteiger partial charge in [0.15, 0.2) is 0 Å². The average molecular weight is 558 g/mol. The molecule has 0 radical (unpaired) electrons. The molecule has 35 heavy (non-hydrogen) atoms. The van der Waals surface area contributed by atoms with E-state index in [0.717, 1.165) is 43.2 Å². The highest BCUT2D eigenvalue weighted by molar-refractivity contribution is 9.10. The highest BCUT2D eigenvalue weighted by atomic mass is 79.9. The molecule has 9 heteroatoms. The lowest BCUT2D eigenvalue weighted by Crippen LogP contribution is -2.36. The number of halogens is 1. The van der Waals surface area contributed by atoms with Crippen LogP contribution >= 0.6 is 15.9 Å². The summed E-state index contributed by atoms with van der Waals surface area (Å²) < 4.78 is 28.3. The van der Waals surface area contributed by atoms with Crippen molar-refractivity contribution in [1.82, 2.24) is 14.7 Å². The molecule has 0 unspecified atom stereocenters. The summed E-state index contributed by atoms with van der Waals surface area (Å²) in [7, 11) is -4.01. The van der Waals surface area contributed by atoms with Gasteiger partial charge in [0.05, 0.1) is 16.2 Å². The van der Waals surface area contributed by atoms with Crippen molar-refractivity contribution in [3.63, 3.8) is 0 Å². The van der Waals surface area contributed by atoms with Gasteiger partial charge in [0.2, 0.25) is 5.95 Å². The summed E-state index contributed by atoms with van der Waals surface area (Å²) in [5.74, 6) is 0.501. The molecule has 0 bridgehead atoms. The van der Waals surface area contributed by atoms with Gasteiger partial charge in [0, 0.05) is 23.8 Å². The van der Waals surface area contributed by atoms with E-state index in [1.165, 1.54) is 23.9 Å². The van der Waals surface area contributed by atoms with E-state index in [9.17, 15) is 13.2 Å². The molecule has 3 aromatic rings. The number of sulfonamides is 1. The third-order valence-electron chi connectivity index (χ3n) is 6.20. The van der Waals surface area contributed by atoms with Crippen LogP contribution in [-0.2, 0) is 22.9 Å². The maximum atomic E-state index is 12.9. The lowest BCUT2D eigenvalue weighted by molar-refractivity contribution is 0.0979. The first kappa shape index (κ1) is 25.3. The molecule has 0 atom stereocenters. The molecule has 1 aromatic heterocycles. The van der Waals surface area contributed by atoms with Gasteiger partial charge in [-0.05, 0) is 61.4 Å². The smallest absolute Gasteiger partial charge is 0.268 e. The summed E-state index contributed by atoms with van der Waals surface area (Å²) in [4.78, 5) is 24.2. The number of aromatic nitrogens is 2. The lowest BCUT2D eigenvalue weighted by Gasteiger charge is -2.32. The van der Waals surface area contributed by atoms with E-state index in [1.54, 1.807) is 12.1 Å². The van der Waals surface area contributed by atoms with Crippen molar-refractivity contribution >= 4 is 37.8 Å². The van der Waals surface area contributed by atoms with Crippen molar-refractivity contribution in [2.75, 3.05) is 18.0 Å². The minimum absolute atomic E-state index is 0.0157. The zero-order valence-electron chi connectivity index (χ0n) is 19.7. The number of amides is 1. The number of anilines is 1. The fraction of sp³-hybridized carbons (Fsp3) is 0.346. The molecule has 2 heterocycles. The third-order valence-corrected chi connectivity index (χ3v) is 8.08. The second-order valence-corrected chi connectivity index (χ2v) is 11.4. The first-order valence-corrected chi connectivity index (χ1v) is 14.1. The van der Waals surface area contributed by atoms with Crippen LogP contribution in [0.25, 0.3) is 0 Å². The summed E-state index contributed by atoms with van der Waals surface area (Å²) in [6.45, 7) is 3.70. The summed E-state index contributed by atoms with van der Waals surface area (Å²) in [6.07, 6.45) is 5.96. The minimum Gasteiger partial charge on any atom is -0.341 e. The first-order valence-electron chi connectivity index (χ1n) is 11.8. The molecule has 4 rings (SSSR count). The monoisotopic (exact) mass is 556 g/mol. The third kappa shape index (κ3) is 6.46. The van der Waals surface area contributed by atoms with Gasteiger partial charge in [-0.3, -0.25) is 4.79 Å². The van der Waals surface area contributed by atoms with Crippen LogP contribution in [-0.4, -0.2) is 37.4 Å². The molecule has 0 saturated carbocycles. The summed E-state index contributed by atoms with van der Waals surface area (Å²) in [5.41, 5.74) is 2.11. The van der Waals surface area contributed by atoms with E-state index in [-0.39, 0.29) is 10.5 Å². The Morgan fingerprint density at radius 3 is 2.43 bits per heavy atom. The summed E-state index contributed by atoms with van der Waals surface area (Å²) >= 11 is 3.28. The molecule has 2 aromatic carbocycles. The number of benzene rings is 2. The fourth-order valence-electron chi connectivity index (χ4n) is 4.31. The van der Waals surface area contributed by atoms with Crippen LogP contribution in [0.4, 0.5) is 5.95 Å². The van der Waals surface area contributed by atoms with Crippen molar-refractivity contribution in [1.29, 1.82) is 0 Å². The van der Waals surface area contributed by atoms with Gasteiger partial charge in [0.1, 0.15) is 0 Å². The van der Waals surface area contributed by atoms with Crippen molar-refractivity contribution in [3.05, 3.63) is 82.1 Å². The van der Waals surface area contributed by atoms with Crippen molar-refractivity contribution in [3.8, 4) is 0 Å². The van der Waals surface area contributed by atoms with Gasteiger partial charge in [-0.15, -0.1) is 0 Å². The average Bonchev–Trinajstić information content (AvgIpc) is 2.85. The number of nitrogens with one attached hydrogen (secondary N) is 1. The number of nitrogens with zero attached hydrogens (tertiary/aromatic N) is 3. The highest BCUT2D eigenvalue weighted by Crippen LogP contribution is 2.25. The maximum absolute atomic E-state index is 12.9. The zero-order valence-corrected chi connectivity index (χ0v) is 22.1. The van der Waals surface area contributed by atoms with E-state index in [4.69, 9.17) is 0 Å². The molecule has 0 aliphatic carbocycles. The second kappa shape index (κ2) is 11.3. The zero-order chi connectivity index (χ0) is 24.8. The van der Waals surface area contributed by atoms with Crippen molar-refractivity contribution in [2.45, 2.75) is 43.9 Å². The Bertz CT molecular complexity index is 1260. The van der Waals surface area contributed by atoms with E-state index >= 15 is 0 Å². The van der Waals surface area contributed by atoms with Crippen LogP contribution in [0, 0.1) is 5.92 Å². The molecular formula is C26H29BrN4O3S. The number of rotatable bonds is 8. The predicted octanol–water partition coefficient (Wildman–Crippen LogP) is 4.77. The van der Waals surface area contributed by atoms with E-state index in [0.29, 0.717) is 24.0 Å². The molecule has 7 nitrogen and oxygen atoms in total. The van der Waals surface area contributed by atoms with Gasteiger partial charge in [-0.25, -0.2) is 23.1 Å². The Labute approximate surface area is 215 Å². The Hall–Kier alpha value is -2.78. The summed E-state index contributed by atoms with van der Waals surface area (Å²) in [5, 5.41) is 0. The molecule has 184 valence electrons. The van der Waals surface area contributed by atoms with Crippen LogP contribution in [0.5, 0.6) is 0 Å². The van der Waals surface area contributed by atoms with Crippen molar-refractivity contribution in [2.24, 2.45) is 5.92 Å². The number of carbonyl (C=O) groups is 1. The summed E-state index contributed by atoms with van der Waals surface area (Å²) in [6, 6.07) is 16.6. The van der Waals surface area contributed by atoms with Gasteiger partial charge >= 0.3 is 0 Å². The number of carbonyl (C=O) groups excluding carboxylic acids is 1. The molecule has 1 N–H and O–H groups in total. The highest BCUT2D eigenvalue weighted by Gasteiger charge is 2.25. The Morgan fingerprint density at radius 2 is 1.77 bits per heavy atom. The quantitative estimate of drug-likeness (QED) is 0.429. The van der Waals surface area contributed by atoms with E-state index < -0.39 is 15.9 Å². The molecule has 1 aliphatic heterocycles. The van der Waals surface area contributed by atoms with Gasteiger partial charge < -0.3 is 4.90 Å². The molecule has 1 saturated heterocycles. The predicted molar refractivity (Wildman–Crippen MR) is 140 cm³/mol. The normalized spacial score (nSPS) is 14.6. The van der Waals surface area contributed by atoms with Crippen LogP contribution in [0.15, 0.2) is 70.2 Å². The van der Waals surface area contributed by atoms with Crippen LogP contribution in [0.3, 0.4) is 0 Å². The van der Waals surface area contributed by atoms with Gasteiger partial charge in [0.25, 0.3) is 15.9 Å². The number of aryl methyl sites for hydroxylation is 1. The van der Waals surface area contributed by atoms with Crippen LogP contribution < -0.4 is 9.62 Å². The van der Waals surface area contributed by atoms with Gasteiger partial charge in [-0.2, -0.15) is 0 Å². The van der Waals surface area contributed by atoms with Crippen molar-refractivity contribution < 1.29 is 13.2 Å². The fourth-order valence-corrected chi connectivity index (χ4v) is 5.54. The Morgan fingerprint density at radius 1 is 1.09 bits per heavy atom. The first-order chi connectivity index (χ1) is 16.9. The lowest BCUT2D eigenvalue weighted by atomic mass is 9.90. The standard InChI is InChI=1S/C26H29BrN4O3S/c1-2-6-24-23(25(32)30-35(33,34)22-11-9-21(27)10-12-22)18-28-26(29-24)31-15-13-20(14-16-31)17-19-7-4-3-5-8-19/h3-5,7-12,18,20H,2,6,13-17H2,1H3,(H,30,32). The van der Waals surface area contributed by atoms with E-state index in [2.05, 4.69) is 59.8 Å². The topological polar surface area (TPSA) is 92.3 Å². The molecule has 1 amide bonds. The number of hydrogen-bond acceptors (Lipinski definition) is 6. The second-order valence-electron chi connectivity index (χ2n) is 8.79. The molecular weight excluding hydrogens is 528 g/mol. The van der Waals surface area contributed by atoms with Crippen LogP contribution in [0.2, 0.25) is 0 Å². The SMILES string of the molecule is CCCc1nc(N2CCC(Cc3ccccc3)CC2)ncc1C(=O)NS(=O)(=O)c1ccc(Br)cc1. The van der Waals surface area contributed by atoms with Crippen LogP contribution in [0.1, 0.15) is 47.8 Å². The molecule has 1 aliphatic rings. The Balaban J connectivity index is 1.45.